The number of hydrogen-bond donors (Lipinski definition) is 2. The molecule has 1 amide bonds. The van der Waals surface area contributed by atoms with Crippen LogP contribution < -0.4 is 11.1 Å². The third kappa shape index (κ3) is 6.40. The van der Waals surface area contributed by atoms with Gasteiger partial charge in [-0.15, -0.1) is 0 Å². The Morgan fingerprint density at radius 3 is 2.48 bits per heavy atom. The van der Waals surface area contributed by atoms with Crippen LogP contribution in [0.4, 0.5) is 0 Å². The number of rotatable bonds is 7. The molecule has 1 atom stereocenters. The molecule has 1 unspecified atom stereocenters. The Morgan fingerprint density at radius 1 is 1.22 bits per heavy atom. The first-order valence-electron chi connectivity index (χ1n) is 9.39. The molecule has 2 rings (SSSR count). The molecule has 2 aliphatic heterocycles. The van der Waals surface area contributed by atoms with Crippen molar-refractivity contribution in [1.29, 1.82) is 0 Å². The number of hydrogen-bond acceptors (Lipinski definition) is 4. The van der Waals surface area contributed by atoms with E-state index in [1.54, 1.807) is 0 Å². The highest BCUT2D eigenvalue weighted by Gasteiger charge is 2.27. The predicted octanol–water partition coefficient (Wildman–Crippen LogP) is 1.61. The lowest BCUT2D eigenvalue weighted by Crippen LogP contribution is -2.49. The van der Waals surface area contributed by atoms with E-state index >= 15 is 0 Å². The van der Waals surface area contributed by atoms with Crippen LogP contribution in [0.1, 0.15) is 46.0 Å². The average molecular weight is 325 g/mol. The summed E-state index contributed by atoms with van der Waals surface area (Å²) in [6.45, 7) is 10.4. The Bertz CT molecular complexity index is 348. The van der Waals surface area contributed by atoms with E-state index in [1.807, 2.05) is 0 Å². The molecule has 0 saturated carbocycles. The highest BCUT2D eigenvalue weighted by molar-refractivity contribution is 5.81. The monoisotopic (exact) mass is 325 g/mol. The van der Waals surface area contributed by atoms with Crippen LogP contribution in [-0.4, -0.2) is 56.2 Å². The van der Waals surface area contributed by atoms with Crippen LogP contribution in [0.5, 0.6) is 0 Å². The van der Waals surface area contributed by atoms with E-state index in [-0.39, 0.29) is 17.9 Å². The van der Waals surface area contributed by atoms with Gasteiger partial charge in [0.15, 0.2) is 0 Å². The summed E-state index contributed by atoms with van der Waals surface area (Å²) in [6, 6.07) is -0.370. The van der Waals surface area contributed by atoms with Crippen LogP contribution in [0.15, 0.2) is 0 Å². The summed E-state index contributed by atoms with van der Waals surface area (Å²) in [4.78, 5) is 14.8. The highest BCUT2D eigenvalue weighted by Crippen LogP contribution is 2.19. The van der Waals surface area contributed by atoms with Crippen molar-refractivity contribution in [3.8, 4) is 0 Å². The lowest BCUT2D eigenvalue weighted by atomic mass is 9.91. The fourth-order valence-corrected chi connectivity index (χ4v) is 3.51. The first-order chi connectivity index (χ1) is 11.1. The molecule has 0 radical (unpaired) electrons. The minimum atomic E-state index is -0.370. The fourth-order valence-electron chi connectivity index (χ4n) is 3.51. The predicted molar refractivity (Wildman–Crippen MR) is 93.1 cm³/mol. The molecule has 134 valence electrons. The third-order valence-electron chi connectivity index (χ3n) is 5.37. The smallest absolute Gasteiger partial charge is 0.237 e. The van der Waals surface area contributed by atoms with Crippen LogP contribution in [0.25, 0.3) is 0 Å². The second-order valence-corrected chi connectivity index (χ2v) is 7.69. The Balaban J connectivity index is 1.61. The molecule has 2 heterocycles. The Morgan fingerprint density at radius 2 is 1.87 bits per heavy atom. The van der Waals surface area contributed by atoms with Gasteiger partial charge in [0.1, 0.15) is 0 Å². The van der Waals surface area contributed by atoms with Gasteiger partial charge in [-0.2, -0.15) is 0 Å². The number of amides is 1. The molecular weight excluding hydrogens is 290 g/mol. The molecule has 5 heteroatoms. The first kappa shape index (κ1) is 18.7. The van der Waals surface area contributed by atoms with E-state index < -0.39 is 0 Å². The van der Waals surface area contributed by atoms with Gasteiger partial charge >= 0.3 is 0 Å². The number of nitrogens with one attached hydrogen (secondary N) is 1. The molecule has 0 bridgehead atoms. The van der Waals surface area contributed by atoms with Crippen LogP contribution >= 0.6 is 0 Å². The van der Waals surface area contributed by atoms with Crippen molar-refractivity contribution >= 4 is 5.91 Å². The van der Waals surface area contributed by atoms with Crippen molar-refractivity contribution in [2.24, 2.45) is 23.5 Å². The summed E-state index contributed by atoms with van der Waals surface area (Å²) >= 11 is 0. The molecule has 0 aromatic rings. The van der Waals surface area contributed by atoms with E-state index in [2.05, 4.69) is 24.1 Å². The van der Waals surface area contributed by atoms with Crippen molar-refractivity contribution in [2.45, 2.75) is 52.0 Å². The molecule has 0 spiro atoms. The molecule has 2 aliphatic rings. The fraction of sp³-hybridized carbons (Fsp3) is 0.944. The second kappa shape index (κ2) is 9.60. The van der Waals surface area contributed by atoms with Gasteiger partial charge in [-0.25, -0.2) is 0 Å². The molecule has 0 aromatic heterocycles. The SMILES string of the molecule is CC(C)CCN1CCC(CNC(=O)C(N)C2CCOCC2)CC1. The minimum absolute atomic E-state index is 0.0270. The molecule has 0 aliphatic carbocycles. The van der Waals surface area contributed by atoms with E-state index in [0.717, 1.165) is 38.5 Å². The maximum Gasteiger partial charge on any atom is 0.237 e. The Labute approximate surface area is 141 Å². The number of carbonyl (C=O) groups is 1. The lowest BCUT2D eigenvalue weighted by molar-refractivity contribution is -0.124. The number of nitrogens with two attached hydrogens (primary N) is 1. The molecule has 23 heavy (non-hydrogen) atoms. The number of piperidine rings is 1. The number of ether oxygens (including phenoxy) is 1. The topological polar surface area (TPSA) is 67.6 Å². The van der Waals surface area contributed by atoms with Crippen molar-refractivity contribution in [2.75, 3.05) is 39.4 Å². The first-order valence-corrected chi connectivity index (χ1v) is 9.39. The molecular formula is C18H35N3O2. The van der Waals surface area contributed by atoms with E-state index in [0.29, 0.717) is 5.92 Å². The summed E-state index contributed by atoms with van der Waals surface area (Å²) in [5.74, 6) is 1.69. The van der Waals surface area contributed by atoms with Crippen molar-refractivity contribution in [1.82, 2.24) is 10.2 Å². The lowest BCUT2D eigenvalue weighted by Gasteiger charge is -2.33. The quantitative estimate of drug-likeness (QED) is 0.746. The van der Waals surface area contributed by atoms with E-state index in [1.165, 1.54) is 38.9 Å². The van der Waals surface area contributed by atoms with Gasteiger partial charge in [0.2, 0.25) is 5.91 Å². The second-order valence-electron chi connectivity index (χ2n) is 7.69. The van der Waals surface area contributed by atoms with Gasteiger partial charge in [0.05, 0.1) is 6.04 Å². The van der Waals surface area contributed by atoms with Crippen molar-refractivity contribution in [3.63, 3.8) is 0 Å². The summed E-state index contributed by atoms with van der Waals surface area (Å²) in [5.41, 5.74) is 6.12. The molecule has 5 nitrogen and oxygen atoms in total. The standard InChI is InChI=1S/C18H35N3O2/c1-14(2)3-8-21-9-4-15(5-10-21)13-20-18(22)17(19)16-6-11-23-12-7-16/h14-17H,3-13,19H2,1-2H3,(H,20,22). The van der Waals surface area contributed by atoms with Gasteiger partial charge in [0.25, 0.3) is 0 Å². The highest BCUT2D eigenvalue weighted by atomic mass is 16.5. The largest absolute Gasteiger partial charge is 0.381 e. The normalized spacial score (nSPS) is 23.1. The maximum absolute atomic E-state index is 12.2. The van der Waals surface area contributed by atoms with E-state index in [9.17, 15) is 4.79 Å². The van der Waals surface area contributed by atoms with Crippen LogP contribution in [-0.2, 0) is 9.53 Å². The van der Waals surface area contributed by atoms with Gasteiger partial charge in [0, 0.05) is 19.8 Å². The van der Waals surface area contributed by atoms with Gasteiger partial charge < -0.3 is 20.7 Å². The molecule has 2 fully saturated rings. The zero-order chi connectivity index (χ0) is 16.7. The number of nitrogens with zero attached hydrogens (tertiary/aromatic N) is 1. The summed E-state index contributed by atoms with van der Waals surface area (Å²) < 4.78 is 5.34. The van der Waals surface area contributed by atoms with Crippen LogP contribution in [0.3, 0.4) is 0 Å². The molecule has 2 saturated heterocycles. The van der Waals surface area contributed by atoms with Crippen molar-refractivity contribution < 1.29 is 9.53 Å². The molecule has 3 N–H and O–H groups in total. The van der Waals surface area contributed by atoms with Crippen LogP contribution in [0, 0.1) is 17.8 Å². The van der Waals surface area contributed by atoms with Crippen molar-refractivity contribution in [3.05, 3.63) is 0 Å². The zero-order valence-corrected chi connectivity index (χ0v) is 14.9. The maximum atomic E-state index is 12.2. The van der Waals surface area contributed by atoms with Gasteiger partial charge in [-0.1, -0.05) is 13.8 Å². The summed E-state index contributed by atoms with van der Waals surface area (Å²) in [6.07, 6.45) is 5.46. The van der Waals surface area contributed by atoms with Crippen LogP contribution in [0.2, 0.25) is 0 Å². The Hall–Kier alpha value is -0.650. The minimum Gasteiger partial charge on any atom is -0.381 e. The Kier molecular flexibility index (Phi) is 7.80. The average Bonchev–Trinajstić information content (AvgIpc) is 2.58. The zero-order valence-electron chi connectivity index (χ0n) is 14.9. The summed E-state index contributed by atoms with van der Waals surface area (Å²) in [5, 5.41) is 3.09. The van der Waals surface area contributed by atoms with Gasteiger partial charge in [-0.3, -0.25) is 4.79 Å². The number of likely N-dealkylation sites (tertiary alicyclic amines) is 1. The summed E-state index contributed by atoms with van der Waals surface area (Å²) in [7, 11) is 0. The third-order valence-corrected chi connectivity index (χ3v) is 5.37. The molecule has 0 aromatic carbocycles. The van der Waals surface area contributed by atoms with Gasteiger partial charge in [-0.05, 0) is 69.5 Å². The number of carbonyl (C=O) groups excluding carboxylic acids is 1. The van der Waals surface area contributed by atoms with E-state index in [4.69, 9.17) is 10.5 Å².